The van der Waals surface area contributed by atoms with Gasteiger partial charge in [0.05, 0.1) is 12.2 Å². The zero-order valence-corrected chi connectivity index (χ0v) is 11.2. The maximum atomic E-state index is 8.99. The Kier molecular flexibility index (Phi) is 4.41. The summed E-state index contributed by atoms with van der Waals surface area (Å²) in [6.07, 6.45) is 2.40. The number of halogens is 1. The molecule has 4 heteroatoms. The Hall–Kier alpha value is -1.05. The van der Waals surface area contributed by atoms with Crippen LogP contribution in [0.4, 0.5) is 0 Å². The second-order valence-corrected chi connectivity index (χ2v) is 5.19. The van der Waals surface area contributed by atoms with Crippen molar-refractivity contribution >= 4 is 15.9 Å². The molecule has 0 spiro atoms. The number of piperidine rings is 1. The quantitative estimate of drug-likeness (QED) is 0.932. The highest BCUT2D eigenvalue weighted by molar-refractivity contribution is 9.10. The molecule has 0 aromatic heterocycles. The van der Waals surface area contributed by atoms with Crippen molar-refractivity contribution in [2.24, 2.45) is 5.92 Å². The summed E-state index contributed by atoms with van der Waals surface area (Å²) >= 11 is 3.39. The lowest BCUT2D eigenvalue weighted by molar-refractivity contribution is 0.218. The fraction of sp³-hybridized carbons (Fsp3) is 0.462. The van der Waals surface area contributed by atoms with Crippen LogP contribution in [0, 0.1) is 17.2 Å². The zero-order valence-electron chi connectivity index (χ0n) is 9.58. The summed E-state index contributed by atoms with van der Waals surface area (Å²) in [6.45, 7) is 2.80. The smallest absolute Gasteiger partial charge is 0.138 e. The summed E-state index contributed by atoms with van der Waals surface area (Å²) in [5.74, 6) is 1.22. The molecule has 0 radical (unpaired) electrons. The summed E-state index contributed by atoms with van der Waals surface area (Å²) in [7, 11) is 0. The van der Waals surface area contributed by atoms with Gasteiger partial charge in [-0.3, -0.25) is 0 Å². The maximum Gasteiger partial charge on any atom is 0.138 e. The van der Waals surface area contributed by atoms with E-state index in [1.807, 2.05) is 12.1 Å². The summed E-state index contributed by atoms with van der Waals surface area (Å²) in [6, 6.07) is 7.64. The molecule has 1 saturated heterocycles. The molecule has 0 bridgehead atoms. The molecule has 1 atom stereocenters. The Morgan fingerprint density at radius 1 is 1.53 bits per heavy atom. The van der Waals surface area contributed by atoms with Crippen molar-refractivity contribution in [3.63, 3.8) is 0 Å². The average molecular weight is 295 g/mol. The molecular weight excluding hydrogens is 280 g/mol. The monoisotopic (exact) mass is 294 g/mol. The van der Waals surface area contributed by atoms with E-state index in [1.165, 1.54) is 12.8 Å². The van der Waals surface area contributed by atoms with E-state index in [0.717, 1.165) is 17.6 Å². The van der Waals surface area contributed by atoms with Gasteiger partial charge in [-0.25, -0.2) is 0 Å². The topological polar surface area (TPSA) is 45.0 Å². The van der Waals surface area contributed by atoms with Crippen LogP contribution >= 0.6 is 15.9 Å². The molecule has 1 N–H and O–H groups in total. The predicted molar refractivity (Wildman–Crippen MR) is 69.9 cm³/mol. The number of hydrogen-bond acceptors (Lipinski definition) is 3. The predicted octanol–water partition coefficient (Wildman–Crippen LogP) is 2.70. The molecule has 1 heterocycles. The summed E-state index contributed by atoms with van der Waals surface area (Å²) < 4.78 is 6.69. The molecule has 0 aliphatic carbocycles. The largest absolute Gasteiger partial charge is 0.492 e. The van der Waals surface area contributed by atoms with E-state index in [1.54, 1.807) is 6.07 Å². The lowest BCUT2D eigenvalue weighted by atomic mass is 10.0. The number of nitriles is 1. The molecule has 0 saturated carbocycles. The normalized spacial score (nSPS) is 19.6. The number of nitrogens with zero attached hydrogens (tertiary/aromatic N) is 1. The van der Waals surface area contributed by atoms with Gasteiger partial charge in [0.2, 0.25) is 0 Å². The first-order valence-corrected chi connectivity index (χ1v) is 6.62. The summed E-state index contributed by atoms with van der Waals surface area (Å²) in [5.41, 5.74) is 0.594. The summed E-state index contributed by atoms with van der Waals surface area (Å²) in [5, 5.41) is 12.3. The van der Waals surface area contributed by atoms with Gasteiger partial charge in [-0.1, -0.05) is 15.9 Å². The maximum absolute atomic E-state index is 8.99. The lowest BCUT2D eigenvalue weighted by Crippen LogP contribution is -2.33. The Bertz CT molecular complexity index is 422. The van der Waals surface area contributed by atoms with E-state index in [-0.39, 0.29) is 0 Å². The number of nitrogens with one attached hydrogen (secondary N) is 1. The van der Waals surface area contributed by atoms with Crippen LogP contribution < -0.4 is 10.1 Å². The van der Waals surface area contributed by atoms with E-state index < -0.39 is 0 Å². The molecule has 1 unspecified atom stereocenters. The number of rotatable bonds is 3. The average Bonchev–Trinajstić information content (AvgIpc) is 2.38. The highest BCUT2D eigenvalue weighted by Gasteiger charge is 2.14. The van der Waals surface area contributed by atoms with Gasteiger partial charge in [-0.2, -0.15) is 5.26 Å². The molecule has 1 aromatic carbocycles. The van der Waals surface area contributed by atoms with Crippen LogP contribution in [-0.4, -0.2) is 19.7 Å². The van der Waals surface area contributed by atoms with Gasteiger partial charge >= 0.3 is 0 Å². The van der Waals surface area contributed by atoms with Crippen LogP contribution in [0.3, 0.4) is 0 Å². The minimum atomic E-state index is 0.550. The minimum Gasteiger partial charge on any atom is -0.492 e. The lowest BCUT2D eigenvalue weighted by Gasteiger charge is -2.23. The molecule has 17 heavy (non-hydrogen) atoms. The zero-order chi connectivity index (χ0) is 12.1. The fourth-order valence-electron chi connectivity index (χ4n) is 1.98. The van der Waals surface area contributed by atoms with Crippen molar-refractivity contribution in [3.8, 4) is 11.8 Å². The first kappa shape index (κ1) is 12.4. The Balaban J connectivity index is 1.98. The summed E-state index contributed by atoms with van der Waals surface area (Å²) in [4.78, 5) is 0. The Labute approximate surface area is 110 Å². The highest BCUT2D eigenvalue weighted by atomic mass is 79.9. The number of ether oxygens (including phenoxy) is 1. The van der Waals surface area contributed by atoms with Crippen molar-refractivity contribution in [1.82, 2.24) is 5.32 Å². The van der Waals surface area contributed by atoms with Gasteiger partial charge in [-0.05, 0) is 37.6 Å². The molecule has 3 nitrogen and oxygen atoms in total. The van der Waals surface area contributed by atoms with Crippen LogP contribution in [0.5, 0.6) is 5.75 Å². The third-order valence-electron chi connectivity index (χ3n) is 2.94. The second kappa shape index (κ2) is 6.04. The van der Waals surface area contributed by atoms with E-state index >= 15 is 0 Å². The first-order chi connectivity index (χ1) is 8.29. The standard InChI is InChI=1S/C13H15BrN2O/c14-12-4-3-11(7-15)13(6-12)17-9-10-2-1-5-16-8-10/h3-4,6,10,16H,1-2,5,8-9H2. The van der Waals surface area contributed by atoms with E-state index in [4.69, 9.17) is 10.00 Å². The number of benzene rings is 1. The molecule has 0 amide bonds. The van der Waals surface area contributed by atoms with E-state index in [9.17, 15) is 0 Å². The molecular formula is C13H15BrN2O. The molecule has 1 aliphatic rings. The fourth-order valence-corrected chi connectivity index (χ4v) is 2.32. The third kappa shape index (κ3) is 3.45. The highest BCUT2D eigenvalue weighted by Crippen LogP contribution is 2.24. The number of hydrogen-bond donors (Lipinski definition) is 1. The van der Waals surface area contributed by atoms with Crippen molar-refractivity contribution in [2.75, 3.05) is 19.7 Å². The van der Waals surface area contributed by atoms with Crippen LogP contribution in [0.25, 0.3) is 0 Å². The first-order valence-electron chi connectivity index (χ1n) is 5.83. The van der Waals surface area contributed by atoms with Gasteiger partial charge < -0.3 is 10.1 Å². The van der Waals surface area contributed by atoms with Gasteiger partial charge in [0.25, 0.3) is 0 Å². The van der Waals surface area contributed by atoms with Crippen LogP contribution in [0.2, 0.25) is 0 Å². The van der Waals surface area contributed by atoms with Gasteiger partial charge in [0, 0.05) is 16.9 Å². The van der Waals surface area contributed by atoms with Gasteiger partial charge in [0.1, 0.15) is 11.8 Å². The molecule has 90 valence electrons. The molecule has 2 rings (SSSR count). The van der Waals surface area contributed by atoms with Crippen molar-refractivity contribution in [1.29, 1.82) is 5.26 Å². The van der Waals surface area contributed by atoms with Crippen LogP contribution in [0.1, 0.15) is 18.4 Å². The minimum absolute atomic E-state index is 0.550. The van der Waals surface area contributed by atoms with Gasteiger partial charge in [-0.15, -0.1) is 0 Å². The molecule has 1 aliphatic heterocycles. The van der Waals surface area contributed by atoms with Crippen LogP contribution in [0.15, 0.2) is 22.7 Å². The van der Waals surface area contributed by atoms with Crippen molar-refractivity contribution < 1.29 is 4.74 Å². The van der Waals surface area contributed by atoms with Crippen molar-refractivity contribution in [3.05, 3.63) is 28.2 Å². The third-order valence-corrected chi connectivity index (χ3v) is 3.43. The van der Waals surface area contributed by atoms with E-state index in [2.05, 4.69) is 27.3 Å². The molecule has 1 fully saturated rings. The molecule has 1 aromatic rings. The Morgan fingerprint density at radius 2 is 2.41 bits per heavy atom. The van der Waals surface area contributed by atoms with Gasteiger partial charge in [0.15, 0.2) is 0 Å². The van der Waals surface area contributed by atoms with Crippen molar-refractivity contribution in [2.45, 2.75) is 12.8 Å². The van der Waals surface area contributed by atoms with Crippen LogP contribution in [-0.2, 0) is 0 Å². The SMILES string of the molecule is N#Cc1ccc(Br)cc1OCC1CCCNC1. The van der Waals surface area contributed by atoms with E-state index in [0.29, 0.717) is 23.8 Å². The second-order valence-electron chi connectivity index (χ2n) is 4.28. The Morgan fingerprint density at radius 3 is 3.12 bits per heavy atom.